The number of benzene rings is 3. The average Bonchev–Trinajstić information content (AvgIpc) is 3.01. The normalized spacial score (nSPS) is 15.3. The molecule has 3 aromatic rings. The van der Waals surface area contributed by atoms with Gasteiger partial charge in [-0.15, -0.1) is 0 Å². The Labute approximate surface area is 160 Å². The summed E-state index contributed by atoms with van der Waals surface area (Å²) in [4.78, 5) is 4.19. The third-order valence-corrected chi connectivity index (χ3v) is 5.23. The standard InChI is InChI=1S/C25H22N2/c1-25(2)16-15-22(24(25)27-3)23(26)19-13-11-18(12-14-19)21-10-6-8-17-7-4-5-9-20(17)21/h4-16,26H,3H2,1-2H3. The van der Waals surface area contributed by atoms with Crippen molar-refractivity contribution in [2.75, 3.05) is 0 Å². The summed E-state index contributed by atoms with van der Waals surface area (Å²) < 4.78 is 0. The van der Waals surface area contributed by atoms with Crippen LogP contribution in [0, 0.1) is 10.8 Å². The third kappa shape index (κ3) is 2.93. The summed E-state index contributed by atoms with van der Waals surface area (Å²) in [6.45, 7) is 7.89. The highest BCUT2D eigenvalue weighted by Gasteiger charge is 2.29. The first kappa shape index (κ1) is 17.2. The Balaban J connectivity index is 1.72. The van der Waals surface area contributed by atoms with E-state index in [0.717, 1.165) is 22.4 Å². The molecule has 3 aromatic carbocycles. The van der Waals surface area contributed by atoms with Gasteiger partial charge in [0.25, 0.3) is 0 Å². The molecule has 4 rings (SSSR count). The van der Waals surface area contributed by atoms with Gasteiger partial charge in [0.05, 0.1) is 11.4 Å². The number of rotatable bonds is 4. The van der Waals surface area contributed by atoms with Crippen LogP contribution in [0.3, 0.4) is 0 Å². The van der Waals surface area contributed by atoms with E-state index < -0.39 is 0 Å². The zero-order chi connectivity index (χ0) is 19.0. The van der Waals surface area contributed by atoms with Gasteiger partial charge in [-0.2, -0.15) is 0 Å². The molecule has 2 nitrogen and oxygen atoms in total. The highest BCUT2D eigenvalue weighted by Crippen LogP contribution is 2.38. The first-order valence-corrected chi connectivity index (χ1v) is 9.09. The van der Waals surface area contributed by atoms with E-state index in [1.54, 1.807) is 0 Å². The van der Waals surface area contributed by atoms with Crippen LogP contribution < -0.4 is 0 Å². The Morgan fingerprint density at radius 2 is 1.63 bits per heavy atom. The van der Waals surface area contributed by atoms with Crippen molar-refractivity contribution in [1.82, 2.24) is 0 Å². The van der Waals surface area contributed by atoms with Crippen molar-refractivity contribution in [3.05, 3.63) is 95.7 Å². The molecular formula is C25H22N2. The summed E-state index contributed by atoms with van der Waals surface area (Å²) in [5.74, 6) is 0. The van der Waals surface area contributed by atoms with Crippen molar-refractivity contribution < 1.29 is 0 Å². The molecular weight excluding hydrogens is 328 g/mol. The minimum atomic E-state index is -0.174. The van der Waals surface area contributed by atoms with Crippen LogP contribution in [0.15, 0.2) is 95.1 Å². The second kappa shape index (κ2) is 6.48. The smallest absolute Gasteiger partial charge is 0.0703 e. The molecule has 0 radical (unpaired) electrons. The van der Waals surface area contributed by atoms with Crippen LogP contribution in [-0.2, 0) is 0 Å². The maximum atomic E-state index is 8.65. The minimum absolute atomic E-state index is 0.174. The lowest BCUT2D eigenvalue weighted by molar-refractivity contribution is 0.584. The number of aliphatic imine (C=N–C) groups is 1. The van der Waals surface area contributed by atoms with E-state index >= 15 is 0 Å². The number of hydrogen-bond donors (Lipinski definition) is 1. The summed E-state index contributed by atoms with van der Waals surface area (Å²) in [6.07, 6.45) is 4.08. The second-order valence-electron chi connectivity index (χ2n) is 7.45. The molecule has 1 N–H and O–H groups in total. The van der Waals surface area contributed by atoms with Gasteiger partial charge in [-0.05, 0) is 28.6 Å². The van der Waals surface area contributed by atoms with Gasteiger partial charge in [-0.25, -0.2) is 0 Å². The van der Waals surface area contributed by atoms with E-state index in [-0.39, 0.29) is 5.41 Å². The van der Waals surface area contributed by atoms with Crippen molar-refractivity contribution >= 4 is 23.2 Å². The zero-order valence-electron chi connectivity index (χ0n) is 15.7. The van der Waals surface area contributed by atoms with E-state index in [2.05, 4.69) is 86.2 Å². The summed E-state index contributed by atoms with van der Waals surface area (Å²) in [6, 6.07) is 23.0. The van der Waals surface area contributed by atoms with Gasteiger partial charge in [-0.3, -0.25) is 10.4 Å². The van der Waals surface area contributed by atoms with Crippen LogP contribution in [0.1, 0.15) is 19.4 Å². The van der Waals surface area contributed by atoms with Crippen LogP contribution in [0.25, 0.3) is 21.9 Å². The van der Waals surface area contributed by atoms with Crippen LogP contribution in [0.2, 0.25) is 0 Å². The van der Waals surface area contributed by atoms with Crippen molar-refractivity contribution in [1.29, 1.82) is 5.41 Å². The van der Waals surface area contributed by atoms with Gasteiger partial charge in [0.2, 0.25) is 0 Å². The minimum Gasteiger partial charge on any atom is -0.300 e. The molecule has 0 bridgehead atoms. The second-order valence-corrected chi connectivity index (χ2v) is 7.45. The molecule has 0 amide bonds. The summed E-state index contributed by atoms with van der Waals surface area (Å²) in [5, 5.41) is 11.1. The molecule has 0 saturated carbocycles. The molecule has 0 spiro atoms. The van der Waals surface area contributed by atoms with Gasteiger partial charge >= 0.3 is 0 Å². The van der Waals surface area contributed by atoms with Crippen molar-refractivity contribution in [2.24, 2.45) is 10.4 Å². The molecule has 0 heterocycles. The average molecular weight is 350 g/mol. The van der Waals surface area contributed by atoms with Crippen molar-refractivity contribution in [2.45, 2.75) is 13.8 Å². The van der Waals surface area contributed by atoms with Crippen LogP contribution in [-0.4, -0.2) is 12.4 Å². The first-order valence-electron chi connectivity index (χ1n) is 9.09. The maximum Gasteiger partial charge on any atom is 0.0703 e. The van der Waals surface area contributed by atoms with Gasteiger partial charge in [-0.1, -0.05) is 92.7 Å². The van der Waals surface area contributed by atoms with Crippen LogP contribution in [0.4, 0.5) is 0 Å². The van der Waals surface area contributed by atoms with Crippen molar-refractivity contribution in [3.63, 3.8) is 0 Å². The molecule has 0 aromatic heterocycles. The molecule has 1 aliphatic carbocycles. The van der Waals surface area contributed by atoms with E-state index in [4.69, 9.17) is 5.41 Å². The monoisotopic (exact) mass is 350 g/mol. The Bertz CT molecular complexity index is 1110. The maximum absolute atomic E-state index is 8.65. The van der Waals surface area contributed by atoms with Gasteiger partial charge in [0.1, 0.15) is 0 Å². The fraction of sp³-hybridized carbons (Fsp3) is 0.120. The number of allylic oxidation sites excluding steroid dienone is 3. The topological polar surface area (TPSA) is 36.2 Å². The molecule has 132 valence electrons. The quantitative estimate of drug-likeness (QED) is 0.527. The highest BCUT2D eigenvalue weighted by atomic mass is 14.8. The lowest BCUT2D eigenvalue weighted by Crippen LogP contribution is -2.10. The summed E-state index contributed by atoms with van der Waals surface area (Å²) >= 11 is 0. The number of nitrogens with one attached hydrogen (secondary N) is 1. The van der Waals surface area contributed by atoms with E-state index in [1.165, 1.54) is 16.3 Å². The molecule has 0 aliphatic heterocycles. The lowest BCUT2D eigenvalue weighted by Gasteiger charge is -2.18. The number of fused-ring (bicyclic) bond motifs is 1. The number of nitrogens with zero attached hydrogens (tertiary/aromatic N) is 1. The molecule has 0 saturated heterocycles. The predicted octanol–water partition coefficient (Wildman–Crippen LogP) is 6.43. The lowest BCUT2D eigenvalue weighted by atomic mass is 9.90. The van der Waals surface area contributed by atoms with Crippen LogP contribution >= 0.6 is 0 Å². The molecule has 1 aliphatic rings. The SMILES string of the molecule is C=NC1=C(C(=N)c2ccc(-c3cccc4ccccc34)cc2)C=CC1(C)C. The molecule has 0 fully saturated rings. The van der Waals surface area contributed by atoms with Crippen LogP contribution in [0.5, 0.6) is 0 Å². The summed E-state index contributed by atoms with van der Waals surface area (Å²) in [7, 11) is 0. The fourth-order valence-electron chi connectivity index (χ4n) is 3.74. The molecule has 0 unspecified atom stereocenters. The fourth-order valence-corrected chi connectivity index (χ4v) is 3.74. The van der Waals surface area contributed by atoms with E-state index in [9.17, 15) is 0 Å². The van der Waals surface area contributed by atoms with E-state index in [1.807, 2.05) is 18.2 Å². The largest absolute Gasteiger partial charge is 0.300 e. The van der Waals surface area contributed by atoms with Crippen molar-refractivity contribution in [3.8, 4) is 11.1 Å². The highest BCUT2D eigenvalue weighted by molar-refractivity contribution is 6.13. The first-order chi connectivity index (χ1) is 13.0. The molecule has 0 atom stereocenters. The summed E-state index contributed by atoms with van der Waals surface area (Å²) in [5.41, 5.74) is 5.29. The third-order valence-electron chi connectivity index (χ3n) is 5.23. The Morgan fingerprint density at radius 1 is 0.926 bits per heavy atom. The van der Waals surface area contributed by atoms with Gasteiger partial charge < -0.3 is 0 Å². The number of hydrogen-bond acceptors (Lipinski definition) is 2. The molecule has 27 heavy (non-hydrogen) atoms. The van der Waals surface area contributed by atoms with Gasteiger partial charge in [0, 0.05) is 16.6 Å². The van der Waals surface area contributed by atoms with E-state index in [0.29, 0.717) is 5.71 Å². The zero-order valence-corrected chi connectivity index (χ0v) is 15.7. The predicted molar refractivity (Wildman–Crippen MR) is 116 cm³/mol. The Morgan fingerprint density at radius 3 is 2.37 bits per heavy atom. The van der Waals surface area contributed by atoms with Gasteiger partial charge in [0.15, 0.2) is 0 Å². The molecule has 2 heteroatoms. The Hall–Kier alpha value is -3.26. The Kier molecular flexibility index (Phi) is 4.12.